The van der Waals surface area contributed by atoms with Crippen molar-refractivity contribution in [3.63, 3.8) is 0 Å². The van der Waals surface area contributed by atoms with Crippen LogP contribution in [0, 0.1) is 5.82 Å². The number of methoxy groups -OCH3 is 1. The first-order valence-corrected chi connectivity index (χ1v) is 13.3. The van der Waals surface area contributed by atoms with Crippen LogP contribution in [0.2, 0.25) is 5.02 Å². The normalized spacial score (nSPS) is 11.4. The highest BCUT2D eigenvalue weighted by molar-refractivity contribution is 7.09. The first-order chi connectivity index (χ1) is 19.4. The summed E-state index contributed by atoms with van der Waals surface area (Å²) in [4.78, 5) is 35.9. The van der Waals surface area contributed by atoms with E-state index in [2.05, 4.69) is 9.97 Å². The summed E-state index contributed by atoms with van der Waals surface area (Å²) >= 11 is 7.16. The van der Waals surface area contributed by atoms with Crippen LogP contribution in [0.5, 0.6) is 11.5 Å². The van der Waals surface area contributed by atoms with Gasteiger partial charge in [0, 0.05) is 41.9 Å². The molecule has 0 saturated carbocycles. The molecule has 0 N–H and O–H groups in total. The molecular formula is C28H22ClF4N3O4S. The van der Waals surface area contributed by atoms with E-state index >= 15 is 4.39 Å². The number of pyridine rings is 1. The van der Waals surface area contributed by atoms with Crippen LogP contribution in [0.4, 0.5) is 23.2 Å². The zero-order valence-electron chi connectivity index (χ0n) is 21.8. The highest BCUT2D eigenvalue weighted by Crippen LogP contribution is 2.41. The Morgan fingerprint density at radius 3 is 2.41 bits per heavy atom. The molecule has 13 heteroatoms. The number of aromatic nitrogens is 2. The maximum Gasteiger partial charge on any atom is 0.419 e. The van der Waals surface area contributed by atoms with Crippen molar-refractivity contribution in [2.75, 3.05) is 12.0 Å². The van der Waals surface area contributed by atoms with Gasteiger partial charge in [0.05, 0.1) is 34.5 Å². The molecule has 0 aliphatic heterocycles. The second kappa shape index (κ2) is 12.2. The average Bonchev–Trinajstić information content (AvgIpc) is 3.43. The van der Waals surface area contributed by atoms with E-state index in [1.807, 2.05) is 0 Å². The number of anilines is 1. The SMILES string of the molecule is COC(=O)c1cc(Oc2ccc(Cc3cncs3)cc2C(F)(F)F)c(F)cc1N(C(=O)c1ccc(Cl)cn1)C(C)C. The standard InChI is InChI=1S/C28H22ClF4N3O4S/c1-15(2)36(26(37)22-6-5-17(29)12-35-22)23-11-21(30)25(10-19(23)27(38)39-3)40-24-7-4-16(8-18-13-34-14-41-18)9-20(24)28(31,32)33/h4-7,9-15H,8H2,1-3H3. The zero-order valence-corrected chi connectivity index (χ0v) is 23.4. The lowest BCUT2D eigenvalue weighted by atomic mass is 10.1. The number of carbonyl (C=O) groups is 2. The van der Waals surface area contributed by atoms with E-state index in [1.165, 1.54) is 35.7 Å². The van der Waals surface area contributed by atoms with Crippen molar-refractivity contribution < 1.29 is 36.6 Å². The molecule has 7 nitrogen and oxygen atoms in total. The lowest BCUT2D eigenvalue weighted by Crippen LogP contribution is -2.38. The maximum atomic E-state index is 15.5. The predicted molar refractivity (Wildman–Crippen MR) is 145 cm³/mol. The van der Waals surface area contributed by atoms with Gasteiger partial charge in [-0.3, -0.25) is 9.78 Å². The monoisotopic (exact) mass is 607 g/mol. The summed E-state index contributed by atoms with van der Waals surface area (Å²) in [5.74, 6) is -4.10. The topological polar surface area (TPSA) is 81.6 Å². The fourth-order valence-electron chi connectivity index (χ4n) is 3.99. The number of ether oxygens (including phenoxy) is 2. The van der Waals surface area contributed by atoms with Crippen LogP contribution < -0.4 is 9.64 Å². The van der Waals surface area contributed by atoms with Crippen molar-refractivity contribution in [2.45, 2.75) is 32.5 Å². The molecule has 4 rings (SSSR count). The fourth-order valence-corrected chi connectivity index (χ4v) is 4.73. The maximum absolute atomic E-state index is 15.5. The Morgan fingerprint density at radius 2 is 1.83 bits per heavy atom. The Kier molecular flexibility index (Phi) is 8.93. The molecule has 0 aliphatic rings. The van der Waals surface area contributed by atoms with Crippen molar-refractivity contribution in [1.29, 1.82) is 0 Å². The number of esters is 1. The number of alkyl halides is 3. The smallest absolute Gasteiger partial charge is 0.419 e. The van der Waals surface area contributed by atoms with Gasteiger partial charge >= 0.3 is 12.1 Å². The third-order valence-electron chi connectivity index (χ3n) is 5.83. The van der Waals surface area contributed by atoms with Crippen LogP contribution in [0.15, 0.2) is 60.4 Å². The van der Waals surface area contributed by atoms with Gasteiger partial charge in [-0.15, -0.1) is 11.3 Å². The molecule has 0 spiro atoms. The number of thiazole rings is 1. The van der Waals surface area contributed by atoms with Gasteiger partial charge in [-0.1, -0.05) is 17.7 Å². The van der Waals surface area contributed by atoms with Crippen molar-refractivity contribution in [3.05, 3.63) is 98.5 Å². The Hall–Kier alpha value is -4.03. The van der Waals surface area contributed by atoms with Gasteiger partial charge < -0.3 is 14.4 Å². The Bertz CT molecular complexity index is 1560. The van der Waals surface area contributed by atoms with Gasteiger partial charge in [0.1, 0.15) is 11.4 Å². The second-order valence-corrected chi connectivity index (χ2v) is 10.4. The molecule has 214 valence electrons. The van der Waals surface area contributed by atoms with Crippen molar-refractivity contribution in [1.82, 2.24) is 9.97 Å². The largest absolute Gasteiger partial charge is 0.465 e. The molecule has 2 aromatic heterocycles. The molecule has 0 radical (unpaired) electrons. The minimum atomic E-state index is -4.83. The number of hydrogen-bond donors (Lipinski definition) is 0. The Morgan fingerprint density at radius 1 is 1.07 bits per heavy atom. The molecule has 2 heterocycles. The summed E-state index contributed by atoms with van der Waals surface area (Å²) < 4.78 is 67.6. The van der Waals surface area contributed by atoms with Gasteiger partial charge in [-0.2, -0.15) is 13.2 Å². The highest BCUT2D eigenvalue weighted by Gasteiger charge is 2.36. The molecule has 0 unspecified atom stereocenters. The van der Waals surface area contributed by atoms with Crippen LogP contribution in [-0.2, 0) is 17.3 Å². The first-order valence-electron chi connectivity index (χ1n) is 12.0. The summed E-state index contributed by atoms with van der Waals surface area (Å²) in [5, 5.41) is 0.287. The first kappa shape index (κ1) is 29.9. The number of amides is 1. The van der Waals surface area contributed by atoms with E-state index in [1.54, 1.807) is 25.6 Å². The highest BCUT2D eigenvalue weighted by atomic mass is 35.5. The summed E-state index contributed by atoms with van der Waals surface area (Å²) in [6, 6.07) is 7.37. The van der Waals surface area contributed by atoms with Gasteiger partial charge in [-0.25, -0.2) is 14.2 Å². The van der Waals surface area contributed by atoms with E-state index in [4.69, 9.17) is 21.1 Å². The minimum Gasteiger partial charge on any atom is -0.465 e. The number of nitrogens with zero attached hydrogens (tertiary/aromatic N) is 3. The van der Waals surface area contributed by atoms with E-state index in [0.717, 1.165) is 41.2 Å². The average molecular weight is 608 g/mol. The Balaban J connectivity index is 1.77. The number of carbonyl (C=O) groups excluding carboxylic acids is 2. The van der Waals surface area contributed by atoms with Crippen molar-refractivity contribution >= 4 is 40.5 Å². The molecule has 2 aromatic carbocycles. The predicted octanol–water partition coefficient (Wildman–Crippen LogP) is 7.57. The molecule has 41 heavy (non-hydrogen) atoms. The van der Waals surface area contributed by atoms with Crippen LogP contribution in [0.1, 0.15) is 50.7 Å². The number of hydrogen-bond acceptors (Lipinski definition) is 7. The lowest BCUT2D eigenvalue weighted by Gasteiger charge is -2.28. The Labute approximate surface area is 241 Å². The molecule has 0 fully saturated rings. The summed E-state index contributed by atoms with van der Waals surface area (Å²) in [6.07, 6.45) is -1.80. The molecule has 0 saturated heterocycles. The number of benzene rings is 2. The van der Waals surface area contributed by atoms with Crippen LogP contribution in [0.3, 0.4) is 0 Å². The molecule has 0 aliphatic carbocycles. The van der Waals surface area contributed by atoms with E-state index in [0.29, 0.717) is 5.56 Å². The van der Waals surface area contributed by atoms with Crippen molar-refractivity contribution in [3.8, 4) is 11.5 Å². The van der Waals surface area contributed by atoms with E-state index in [9.17, 15) is 22.8 Å². The van der Waals surface area contributed by atoms with Crippen LogP contribution in [-0.4, -0.2) is 35.0 Å². The second-order valence-electron chi connectivity index (χ2n) is 9.00. The van der Waals surface area contributed by atoms with Gasteiger partial charge in [0.15, 0.2) is 11.6 Å². The summed E-state index contributed by atoms with van der Waals surface area (Å²) in [5.41, 5.74) is 0.262. The molecular weight excluding hydrogens is 586 g/mol. The fraction of sp³-hybridized carbons (Fsp3) is 0.214. The van der Waals surface area contributed by atoms with E-state index in [-0.39, 0.29) is 28.4 Å². The van der Waals surface area contributed by atoms with Gasteiger partial charge in [0.25, 0.3) is 5.91 Å². The third-order valence-corrected chi connectivity index (χ3v) is 6.83. The lowest BCUT2D eigenvalue weighted by molar-refractivity contribution is -0.138. The zero-order chi connectivity index (χ0) is 29.9. The number of halogens is 5. The summed E-state index contributed by atoms with van der Waals surface area (Å²) in [7, 11) is 1.07. The molecule has 1 amide bonds. The number of rotatable bonds is 8. The van der Waals surface area contributed by atoms with Gasteiger partial charge in [0.2, 0.25) is 0 Å². The molecule has 4 aromatic rings. The van der Waals surface area contributed by atoms with Crippen molar-refractivity contribution in [2.24, 2.45) is 0 Å². The summed E-state index contributed by atoms with van der Waals surface area (Å²) in [6.45, 7) is 3.25. The molecule has 0 bridgehead atoms. The quantitative estimate of drug-likeness (QED) is 0.152. The minimum absolute atomic E-state index is 0.0344. The molecule has 0 atom stereocenters. The van der Waals surface area contributed by atoms with Gasteiger partial charge in [-0.05, 0) is 43.7 Å². The van der Waals surface area contributed by atoms with Crippen LogP contribution in [0.25, 0.3) is 0 Å². The van der Waals surface area contributed by atoms with E-state index < -0.39 is 47.0 Å². The third kappa shape index (κ3) is 6.83. The van der Waals surface area contributed by atoms with Crippen LogP contribution >= 0.6 is 22.9 Å².